The van der Waals surface area contributed by atoms with Crippen LogP contribution in [0.2, 0.25) is 0 Å². The Hall–Kier alpha value is -3.12. The summed E-state index contributed by atoms with van der Waals surface area (Å²) in [5.41, 5.74) is 4.88. The SMILES string of the molecule is CC(C)c1ccc(-c2csc(NC(=O)c3cnc4ccccc4n3)n2)cc1. The molecule has 27 heavy (non-hydrogen) atoms. The number of hydrogen-bond acceptors (Lipinski definition) is 5. The largest absolute Gasteiger partial charge is 0.296 e. The third-order valence-corrected chi connectivity index (χ3v) is 5.04. The summed E-state index contributed by atoms with van der Waals surface area (Å²) >= 11 is 1.39. The van der Waals surface area contributed by atoms with Crippen molar-refractivity contribution in [1.29, 1.82) is 0 Å². The van der Waals surface area contributed by atoms with E-state index in [2.05, 4.69) is 58.4 Å². The second kappa shape index (κ2) is 7.25. The van der Waals surface area contributed by atoms with E-state index in [1.54, 1.807) is 0 Å². The number of thiazole rings is 1. The van der Waals surface area contributed by atoms with Gasteiger partial charge < -0.3 is 0 Å². The molecular weight excluding hydrogens is 356 g/mol. The molecule has 0 spiro atoms. The van der Waals surface area contributed by atoms with Crippen LogP contribution in [0.15, 0.2) is 60.1 Å². The Morgan fingerprint density at radius 1 is 1.00 bits per heavy atom. The zero-order valence-electron chi connectivity index (χ0n) is 15.0. The van der Waals surface area contributed by atoms with Gasteiger partial charge in [-0.3, -0.25) is 15.1 Å². The lowest BCUT2D eigenvalue weighted by molar-refractivity contribution is 0.102. The quantitative estimate of drug-likeness (QED) is 0.538. The molecule has 0 radical (unpaired) electrons. The molecule has 2 heterocycles. The Kier molecular flexibility index (Phi) is 4.64. The van der Waals surface area contributed by atoms with Gasteiger partial charge in [-0.15, -0.1) is 11.3 Å². The van der Waals surface area contributed by atoms with E-state index in [4.69, 9.17) is 0 Å². The number of anilines is 1. The van der Waals surface area contributed by atoms with Crippen molar-refractivity contribution in [3.05, 3.63) is 71.4 Å². The molecule has 0 saturated carbocycles. The Balaban J connectivity index is 1.52. The molecule has 0 fully saturated rings. The summed E-state index contributed by atoms with van der Waals surface area (Å²) < 4.78 is 0. The summed E-state index contributed by atoms with van der Waals surface area (Å²) in [6, 6.07) is 15.8. The van der Waals surface area contributed by atoms with Crippen LogP contribution in [0.3, 0.4) is 0 Å². The number of fused-ring (bicyclic) bond motifs is 1. The van der Waals surface area contributed by atoms with Gasteiger partial charge in [0.1, 0.15) is 5.69 Å². The molecule has 2 aromatic carbocycles. The maximum absolute atomic E-state index is 12.5. The number of carbonyl (C=O) groups is 1. The van der Waals surface area contributed by atoms with E-state index in [9.17, 15) is 4.79 Å². The first kappa shape index (κ1) is 17.3. The highest BCUT2D eigenvalue weighted by atomic mass is 32.1. The van der Waals surface area contributed by atoms with Crippen LogP contribution in [-0.4, -0.2) is 20.9 Å². The maximum Gasteiger partial charge on any atom is 0.277 e. The monoisotopic (exact) mass is 374 g/mol. The highest BCUT2D eigenvalue weighted by molar-refractivity contribution is 7.14. The third-order valence-electron chi connectivity index (χ3n) is 4.28. The molecule has 4 aromatic rings. The minimum absolute atomic E-state index is 0.270. The number of nitrogens with one attached hydrogen (secondary N) is 1. The molecule has 0 saturated heterocycles. The predicted molar refractivity (Wildman–Crippen MR) is 109 cm³/mol. The molecule has 0 aliphatic rings. The Labute approximate surface area is 161 Å². The van der Waals surface area contributed by atoms with E-state index >= 15 is 0 Å². The molecule has 0 atom stereocenters. The van der Waals surface area contributed by atoms with Crippen LogP contribution in [0.4, 0.5) is 5.13 Å². The zero-order chi connectivity index (χ0) is 18.8. The maximum atomic E-state index is 12.5. The minimum Gasteiger partial charge on any atom is -0.296 e. The van der Waals surface area contributed by atoms with Gasteiger partial charge in [-0.05, 0) is 23.6 Å². The fraction of sp³-hybridized carbons (Fsp3) is 0.143. The zero-order valence-corrected chi connectivity index (χ0v) is 15.8. The lowest BCUT2D eigenvalue weighted by Gasteiger charge is -2.05. The molecular formula is C21H18N4OS. The number of amides is 1. The molecule has 5 nitrogen and oxygen atoms in total. The fourth-order valence-electron chi connectivity index (χ4n) is 2.73. The topological polar surface area (TPSA) is 67.8 Å². The third kappa shape index (κ3) is 3.71. The molecule has 0 aliphatic carbocycles. The molecule has 134 valence electrons. The summed E-state index contributed by atoms with van der Waals surface area (Å²) in [6.45, 7) is 4.34. The fourth-order valence-corrected chi connectivity index (χ4v) is 3.44. The van der Waals surface area contributed by atoms with Crippen LogP contribution >= 0.6 is 11.3 Å². The smallest absolute Gasteiger partial charge is 0.277 e. The molecule has 1 N–H and O–H groups in total. The van der Waals surface area contributed by atoms with Gasteiger partial charge in [0.25, 0.3) is 5.91 Å². The molecule has 0 unspecified atom stereocenters. The van der Waals surface area contributed by atoms with Crippen molar-refractivity contribution in [3.8, 4) is 11.3 Å². The number of para-hydroxylation sites is 2. The molecule has 1 amide bonds. The number of benzene rings is 2. The first-order valence-electron chi connectivity index (χ1n) is 8.69. The number of rotatable bonds is 4. The van der Waals surface area contributed by atoms with E-state index in [-0.39, 0.29) is 11.6 Å². The van der Waals surface area contributed by atoms with Gasteiger partial charge in [0.15, 0.2) is 5.13 Å². The normalized spacial score (nSPS) is 11.1. The van der Waals surface area contributed by atoms with Crippen molar-refractivity contribution < 1.29 is 4.79 Å². The van der Waals surface area contributed by atoms with Crippen LogP contribution in [0, 0.1) is 0 Å². The predicted octanol–water partition coefficient (Wildman–Crippen LogP) is 5.13. The Morgan fingerprint density at radius 3 is 2.48 bits per heavy atom. The van der Waals surface area contributed by atoms with E-state index in [1.807, 2.05) is 29.6 Å². The summed E-state index contributed by atoms with van der Waals surface area (Å²) in [4.78, 5) is 25.6. The first-order chi connectivity index (χ1) is 13.1. The van der Waals surface area contributed by atoms with Crippen LogP contribution < -0.4 is 5.32 Å². The van der Waals surface area contributed by atoms with Gasteiger partial charge in [0.05, 0.1) is 22.9 Å². The highest BCUT2D eigenvalue weighted by Gasteiger charge is 2.12. The molecule has 4 rings (SSSR count). The minimum atomic E-state index is -0.315. The van der Waals surface area contributed by atoms with Gasteiger partial charge in [-0.25, -0.2) is 9.97 Å². The van der Waals surface area contributed by atoms with Crippen molar-refractivity contribution in [1.82, 2.24) is 15.0 Å². The average molecular weight is 374 g/mol. The summed E-state index contributed by atoms with van der Waals surface area (Å²) in [5.74, 6) is 0.178. The van der Waals surface area contributed by atoms with Crippen LogP contribution in [0.1, 0.15) is 35.8 Å². The number of carbonyl (C=O) groups excluding carboxylic acids is 1. The van der Waals surface area contributed by atoms with Crippen molar-refractivity contribution in [2.45, 2.75) is 19.8 Å². The Bertz CT molecular complexity index is 1100. The van der Waals surface area contributed by atoms with Gasteiger partial charge in [-0.2, -0.15) is 0 Å². The van der Waals surface area contributed by atoms with Crippen molar-refractivity contribution >= 4 is 33.4 Å². The Morgan fingerprint density at radius 2 is 1.74 bits per heavy atom. The van der Waals surface area contributed by atoms with Gasteiger partial charge in [0, 0.05) is 10.9 Å². The summed E-state index contributed by atoms with van der Waals surface area (Å²) in [7, 11) is 0. The molecule has 0 aliphatic heterocycles. The molecule has 0 bridgehead atoms. The molecule has 2 aromatic heterocycles. The van der Waals surface area contributed by atoms with Crippen LogP contribution in [0.25, 0.3) is 22.3 Å². The van der Waals surface area contributed by atoms with Gasteiger partial charge in [-0.1, -0.05) is 50.2 Å². The van der Waals surface area contributed by atoms with Crippen molar-refractivity contribution in [3.63, 3.8) is 0 Å². The van der Waals surface area contributed by atoms with Crippen LogP contribution in [0.5, 0.6) is 0 Å². The van der Waals surface area contributed by atoms with Gasteiger partial charge >= 0.3 is 0 Å². The van der Waals surface area contributed by atoms with E-state index in [0.29, 0.717) is 16.6 Å². The lowest BCUT2D eigenvalue weighted by atomic mass is 10.0. The van der Waals surface area contributed by atoms with Gasteiger partial charge in [0.2, 0.25) is 0 Å². The van der Waals surface area contributed by atoms with E-state index in [0.717, 1.165) is 16.8 Å². The van der Waals surface area contributed by atoms with E-state index < -0.39 is 0 Å². The van der Waals surface area contributed by atoms with Crippen molar-refractivity contribution in [2.24, 2.45) is 0 Å². The number of hydrogen-bond donors (Lipinski definition) is 1. The second-order valence-electron chi connectivity index (χ2n) is 6.51. The standard InChI is InChI=1S/C21H18N4OS/c1-13(2)14-7-9-15(10-8-14)19-12-27-21(24-19)25-20(26)18-11-22-16-5-3-4-6-17(16)23-18/h3-13H,1-2H3,(H,24,25,26). The van der Waals surface area contributed by atoms with E-state index in [1.165, 1.54) is 23.1 Å². The summed E-state index contributed by atoms with van der Waals surface area (Å²) in [5, 5.41) is 5.28. The van der Waals surface area contributed by atoms with Crippen molar-refractivity contribution in [2.75, 3.05) is 5.32 Å². The highest BCUT2D eigenvalue weighted by Crippen LogP contribution is 2.26. The first-order valence-corrected chi connectivity index (χ1v) is 9.57. The molecule has 6 heteroatoms. The number of aromatic nitrogens is 3. The second-order valence-corrected chi connectivity index (χ2v) is 7.37. The summed E-state index contributed by atoms with van der Waals surface area (Å²) in [6.07, 6.45) is 1.48. The average Bonchev–Trinajstić information content (AvgIpc) is 3.16. The number of nitrogens with zero attached hydrogens (tertiary/aromatic N) is 3. The lowest BCUT2D eigenvalue weighted by Crippen LogP contribution is -2.14. The van der Waals surface area contributed by atoms with Crippen LogP contribution in [-0.2, 0) is 0 Å².